The van der Waals surface area contributed by atoms with Gasteiger partial charge in [0.15, 0.2) is 0 Å². The van der Waals surface area contributed by atoms with E-state index in [0.717, 1.165) is 11.3 Å². The number of H-pyrrole nitrogens is 2. The standard InChI is InChI=1S/C11H13N3O2/c1-2-8(11(15)16)10-13-6-9(14-10)7-3-4-12-5-7/h3-6,8,12H,2H2,1H3,(H,13,14)(H,15,16). The van der Waals surface area contributed by atoms with E-state index in [1.807, 2.05) is 25.4 Å². The van der Waals surface area contributed by atoms with Gasteiger partial charge >= 0.3 is 5.97 Å². The summed E-state index contributed by atoms with van der Waals surface area (Å²) in [6.07, 6.45) is 5.82. The topological polar surface area (TPSA) is 81.8 Å². The summed E-state index contributed by atoms with van der Waals surface area (Å²) >= 11 is 0. The van der Waals surface area contributed by atoms with Gasteiger partial charge in [0, 0.05) is 18.0 Å². The Morgan fingerprint density at radius 3 is 3.00 bits per heavy atom. The molecule has 0 saturated carbocycles. The van der Waals surface area contributed by atoms with E-state index in [0.29, 0.717) is 12.2 Å². The fourth-order valence-corrected chi connectivity index (χ4v) is 1.64. The van der Waals surface area contributed by atoms with E-state index in [1.54, 1.807) is 6.20 Å². The van der Waals surface area contributed by atoms with E-state index in [1.165, 1.54) is 0 Å². The first-order valence-corrected chi connectivity index (χ1v) is 5.13. The Labute approximate surface area is 92.5 Å². The van der Waals surface area contributed by atoms with Crippen molar-refractivity contribution in [3.05, 3.63) is 30.5 Å². The normalized spacial score (nSPS) is 12.6. The molecule has 5 nitrogen and oxygen atoms in total. The predicted octanol–water partition coefficient (Wildman–Crippen LogP) is 1.98. The first kappa shape index (κ1) is 10.5. The SMILES string of the molecule is CCC(C(=O)O)c1ncc(-c2cc[nH]c2)[nH]1. The highest BCUT2D eigenvalue weighted by molar-refractivity contribution is 5.75. The van der Waals surface area contributed by atoms with E-state index in [2.05, 4.69) is 15.0 Å². The molecule has 2 heterocycles. The molecule has 1 atom stereocenters. The van der Waals surface area contributed by atoms with Gasteiger partial charge < -0.3 is 15.1 Å². The molecule has 0 spiro atoms. The van der Waals surface area contributed by atoms with Gasteiger partial charge in [-0.25, -0.2) is 4.98 Å². The number of carbonyl (C=O) groups is 1. The van der Waals surface area contributed by atoms with Crippen molar-refractivity contribution in [1.29, 1.82) is 0 Å². The van der Waals surface area contributed by atoms with Crippen LogP contribution in [0.15, 0.2) is 24.7 Å². The Hall–Kier alpha value is -2.04. The fourth-order valence-electron chi connectivity index (χ4n) is 1.64. The molecule has 0 aliphatic carbocycles. The number of aliphatic carboxylic acids is 1. The summed E-state index contributed by atoms with van der Waals surface area (Å²) in [6, 6.07) is 1.90. The van der Waals surface area contributed by atoms with Crippen LogP contribution < -0.4 is 0 Å². The lowest BCUT2D eigenvalue weighted by Crippen LogP contribution is -2.11. The minimum absolute atomic E-state index is 0.506. The van der Waals surface area contributed by atoms with Crippen molar-refractivity contribution in [2.75, 3.05) is 0 Å². The van der Waals surface area contributed by atoms with Crippen molar-refractivity contribution < 1.29 is 9.90 Å². The van der Waals surface area contributed by atoms with Gasteiger partial charge in [-0.2, -0.15) is 0 Å². The molecule has 0 amide bonds. The van der Waals surface area contributed by atoms with Crippen LogP contribution in [-0.2, 0) is 4.79 Å². The molecule has 3 N–H and O–H groups in total. The monoisotopic (exact) mass is 219 g/mol. The molecule has 16 heavy (non-hydrogen) atoms. The zero-order valence-electron chi connectivity index (χ0n) is 8.90. The Morgan fingerprint density at radius 1 is 1.62 bits per heavy atom. The molecule has 0 aliphatic rings. The average molecular weight is 219 g/mol. The van der Waals surface area contributed by atoms with Gasteiger partial charge in [0.1, 0.15) is 11.7 Å². The second-order valence-electron chi connectivity index (χ2n) is 3.58. The van der Waals surface area contributed by atoms with E-state index >= 15 is 0 Å². The van der Waals surface area contributed by atoms with Gasteiger partial charge in [-0.15, -0.1) is 0 Å². The Kier molecular flexibility index (Phi) is 2.76. The smallest absolute Gasteiger partial charge is 0.314 e. The fraction of sp³-hybridized carbons (Fsp3) is 0.273. The Bertz CT molecular complexity index is 473. The van der Waals surface area contributed by atoms with Gasteiger partial charge in [-0.3, -0.25) is 4.79 Å². The predicted molar refractivity (Wildman–Crippen MR) is 59.0 cm³/mol. The third-order valence-corrected chi connectivity index (χ3v) is 2.54. The van der Waals surface area contributed by atoms with Crippen LogP contribution in [0.5, 0.6) is 0 Å². The van der Waals surface area contributed by atoms with Crippen LogP contribution in [0, 0.1) is 0 Å². The second-order valence-corrected chi connectivity index (χ2v) is 3.58. The van der Waals surface area contributed by atoms with Crippen molar-refractivity contribution >= 4 is 5.97 Å². The molecule has 0 bridgehead atoms. The molecular formula is C11H13N3O2. The number of carboxylic acids is 1. The quantitative estimate of drug-likeness (QED) is 0.735. The maximum atomic E-state index is 11.0. The van der Waals surface area contributed by atoms with Crippen molar-refractivity contribution in [2.45, 2.75) is 19.3 Å². The van der Waals surface area contributed by atoms with Gasteiger partial charge in [-0.05, 0) is 12.5 Å². The summed E-state index contributed by atoms with van der Waals surface area (Å²) in [4.78, 5) is 21.1. The van der Waals surface area contributed by atoms with Crippen LogP contribution >= 0.6 is 0 Å². The zero-order chi connectivity index (χ0) is 11.5. The van der Waals surface area contributed by atoms with Crippen molar-refractivity contribution in [3.63, 3.8) is 0 Å². The number of hydrogen-bond donors (Lipinski definition) is 3. The Balaban J connectivity index is 2.29. The highest BCUT2D eigenvalue weighted by Gasteiger charge is 2.20. The molecule has 2 rings (SSSR count). The molecule has 84 valence electrons. The van der Waals surface area contributed by atoms with Gasteiger partial charge in [0.05, 0.1) is 11.9 Å². The first-order valence-electron chi connectivity index (χ1n) is 5.13. The minimum Gasteiger partial charge on any atom is -0.481 e. The lowest BCUT2D eigenvalue weighted by atomic mass is 10.1. The summed E-state index contributed by atoms with van der Waals surface area (Å²) < 4.78 is 0. The van der Waals surface area contributed by atoms with Crippen LogP contribution in [0.3, 0.4) is 0 Å². The summed E-state index contributed by atoms with van der Waals surface area (Å²) in [5.41, 5.74) is 1.80. The average Bonchev–Trinajstić information content (AvgIpc) is 2.86. The molecule has 2 aromatic rings. The van der Waals surface area contributed by atoms with E-state index in [9.17, 15) is 4.79 Å². The molecule has 0 aromatic carbocycles. The van der Waals surface area contributed by atoms with Crippen LogP contribution in [0.1, 0.15) is 25.1 Å². The molecular weight excluding hydrogens is 206 g/mol. The van der Waals surface area contributed by atoms with Crippen LogP contribution in [-0.4, -0.2) is 26.0 Å². The third kappa shape index (κ3) is 1.84. The maximum absolute atomic E-state index is 11.0. The minimum atomic E-state index is -0.850. The maximum Gasteiger partial charge on any atom is 0.314 e. The Morgan fingerprint density at radius 2 is 2.44 bits per heavy atom. The van der Waals surface area contributed by atoms with E-state index in [-0.39, 0.29) is 0 Å². The highest BCUT2D eigenvalue weighted by Crippen LogP contribution is 2.21. The lowest BCUT2D eigenvalue weighted by Gasteiger charge is -2.04. The number of nitrogens with zero attached hydrogens (tertiary/aromatic N) is 1. The van der Waals surface area contributed by atoms with Crippen molar-refractivity contribution in [2.24, 2.45) is 0 Å². The summed E-state index contributed by atoms with van der Waals surface area (Å²) in [7, 11) is 0. The lowest BCUT2D eigenvalue weighted by molar-refractivity contribution is -0.139. The highest BCUT2D eigenvalue weighted by atomic mass is 16.4. The van der Waals surface area contributed by atoms with Crippen LogP contribution in [0.2, 0.25) is 0 Å². The van der Waals surface area contributed by atoms with Crippen molar-refractivity contribution in [3.8, 4) is 11.3 Å². The van der Waals surface area contributed by atoms with Crippen molar-refractivity contribution in [1.82, 2.24) is 15.0 Å². The number of carboxylic acid groups (broad SMARTS) is 1. The summed E-state index contributed by atoms with van der Waals surface area (Å²) in [5, 5.41) is 9.00. The largest absolute Gasteiger partial charge is 0.481 e. The number of rotatable bonds is 4. The van der Waals surface area contributed by atoms with Crippen LogP contribution in [0.4, 0.5) is 0 Å². The number of aromatic nitrogens is 3. The molecule has 0 fully saturated rings. The number of imidazole rings is 1. The molecule has 0 radical (unpaired) electrons. The molecule has 0 saturated heterocycles. The molecule has 5 heteroatoms. The summed E-state index contributed by atoms with van der Waals surface area (Å²) in [6.45, 7) is 1.83. The van der Waals surface area contributed by atoms with Gasteiger partial charge in [0.2, 0.25) is 0 Å². The van der Waals surface area contributed by atoms with Gasteiger partial charge in [0.25, 0.3) is 0 Å². The second kappa shape index (κ2) is 4.22. The number of aromatic amines is 2. The first-order chi connectivity index (χ1) is 7.72. The van der Waals surface area contributed by atoms with E-state index in [4.69, 9.17) is 5.11 Å². The van der Waals surface area contributed by atoms with Gasteiger partial charge in [-0.1, -0.05) is 6.92 Å². The number of nitrogens with one attached hydrogen (secondary N) is 2. The summed E-state index contributed by atoms with van der Waals surface area (Å²) in [5.74, 6) is -0.906. The molecule has 1 unspecified atom stereocenters. The van der Waals surface area contributed by atoms with E-state index < -0.39 is 11.9 Å². The van der Waals surface area contributed by atoms with Crippen LogP contribution in [0.25, 0.3) is 11.3 Å². The zero-order valence-corrected chi connectivity index (χ0v) is 8.90. The molecule has 2 aromatic heterocycles. The molecule has 0 aliphatic heterocycles. The number of hydrogen-bond acceptors (Lipinski definition) is 2. The third-order valence-electron chi connectivity index (χ3n) is 2.54.